The molecule has 7 nitrogen and oxygen atoms in total. The van der Waals surface area contributed by atoms with Crippen molar-refractivity contribution < 1.29 is 9.47 Å². The van der Waals surface area contributed by atoms with Crippen LogP contribution >= 0.6 is 0 Å². The van der Waals surface area contributed by atoms with Gasteiger partial charge in [-0.05, 0) is 24.3 Å². The van der Waals surface area contributed by atoms with Crippen LogP contribution in [0, 0.1) is 0 Å². The molecule has 2 aliphatic rings. The van der Waals surface area contributed by atoms with Gasteiger partial charge in [-0.2, -0.15) is 0 Å². The zero-order valence-electron chi connectivity index (χ0n) is 16.4. The van der Waals surface area contributed by atoms with Gasteiger partial charge in [-0.15, -0.1) is 0 Å². The summed E-state index contributed by atoms with van der Waals surface area (Å²) in [5.74, 6) is 1.70. The molecule has 0 atom stereocenters. The van der Waals surface area contributed by atoms with Crippen molar-refractivity contribution in [3.8, 4) is 17.0 Å². The molecule has 29 heavy (non-hydrogen) atoms. The first-order valence-corrected chi connectivity index (χ1v) is 9.53. The second-order valence-corrected chi connectivity index (χ2v) is 7.13. The summed E-state index contributed by atoms with van der Waals surface area (Å²) in [5, 5.41) is 0. The molecular formula is C22H21N5O2. The van der Waals surface area contributed by atoms with Crippen LogP contribution in [0.25, 0.3) is 11.3 Å². The van der Waals surface area contributed by atoms with Crippen molar-refractivity contribution in [2.75, 3.05) is 32.2 Å². The normalized spacial score (nSPS) is 15.7. The van der Waals surface area contributed by atoms with Crippen LogP contribution in [0.4, 0.5) is 5.82 Å². The molecule has 0 N–H and O–H groups in total. The molecule has 0 aromatic carbocycles. The highest BCUT2D eigenvalue weighted by molar-refractivity contribution is 6.15. The number of hydrogen-bond acceptors (Lipinski definition) is 7. The lowest BCUT2D eigenvalue weighted by atomic mass is 9.99. The molecule has 0 saturated carbocycles. The van der Waals surface area contributed by atoms with E-state index < -0.39 is 0 Å². The van der Waals surface area contributed by atoms with Gasteiger partial charge in [0.05, 0.1) is 36.7 Å². The summed E-state index contributed by atoms with van der Waals surface area (Å²) in [5.41, 5.74) is 5.93. The van der Waals surface area contributed by atoms with E-state index in [1.807, 2.05) is 24.5 Å². The molecule has 1 fully saturated rings. The standard InChI is InChI=1S/C22H21N5O2/c1-28-16-12-27(13-16)21-7-14(3-6-24-21)22-17-8-19(25-9-15(17)10-26-22)18-11-23-5-4-20(18)29-2/h3-9,11,16H,10,12-13H2,1-2H3. The quantitative estimate of drug-likeness (QED) is 0.670. The Labute approximate surface area is 169 Å². The largest absolute Gasteiger partial charge is 0.496 e. The maximum absolute atomic E-state index is 5.48. The van der Waals surface area contributed by atoms with Crippen molar-refractivity contribution in [1.29, 1.82) is 0 Å². The van der Waals surface area contributed by atoms with Crippen molar-refractivity contribution in [3.05, 3.63) is 65.7 Å². The van der Waals surface area contributed by atoms with Gasteiger partial charge in [-0.3, -0.25) is 15.0 Å². The maximum Gasteiger partial charge on any atom is 0.131 e. The van der Waals surface area contributed by atoms with Crippen LogP contribution in [-0.4, -0.2) is 54.1 Å². The fourth-order valence-electron chi connectivity index (χ4n) is 3.74. The maximum atomic E-state index is 5.48. The Kier molecular flexibility index (Phi) is 4.44. The molecule has 0 aliphatic carbocycles. The lowest BCUT2D eigenvalue weighted by Crippen LogP contribution is -2.52. The van der Waals surface area contributed by atoms with E-state index in [0.717, 1.165) is 58.3 Å². The predicted octanol–water partition coefficient (Wildman–Crippen LogP) is 2.73. The van der Waals surface area contributed by atoms with Crippen LogP contribution in [0.5, 0.6) is 5.75 Å². The first kappa shape index (κ1) is 17.8. The molecule has 0 bridgehead atoms. The average Bonchev–Trinajstić information content (AvgIpc) is 3.16. The summed E-state index contributed by atoms with van der Waals surface area (Å²) in [6.45, 7) is 2.37. The van der Waals surface area contributed by atoms with Crippen LogP contribution in [0.15, 0.2) is 54.0 Å². The van der Waals surface area contributed by atoms with Gasteiger partial charge < -0.3 is 14.4 Å². The van der Waals surface area contributed by atoms with Crippen LogP contribution < -0.4 is 9.64 Å². The first-order chi connectivity index (χ1) is 14.3. The van der Waals surface area contributed by atoms with Gasteiger partial charge in [0, 0.05) is 61.7 Å². The van der Waals surface area contributed by atoms with Crippen molar-refractivity contribution in [2.45, 2.75) is 12.6 Å². The Morgan fingerprint density at radius 1 is 1.00 bits per heavy atom. The summed E-state index contributed by atoms with van der Waals surface area (Å²) < 4.78 is 10.8. The third-order valence-corrected chi connectivity index (χ3v) is 5.45. The second-order valence-electron chi connectivity index (χ2n) is 7.13. The molecule has 146 valence electrons. The Balaban J connectivity index is 1.48. The summed E-state index contributed by atoms with van der Waals surface area (Å²) in [6.07, 6.45) is 7.52. The monoisotopic (exact) mass is 387 g/mol. The molecule has 3 aromatic heterocycles. The second kappa shape index (κ2) is 7.25. The van der Waals surface area contributed by atoms with Crippen molar-refractivity contribution in [3.63, 3.8) is 0 Å². The van der Waals surface area contributed by atoms with E-state index in [2.05, 4.69) is 32.0 Å². The van der Waals surface area contributed by atoms with Crippen molar-refractivity contribution in [1.82, 2.24) is 15.0 Å². The zero-order valence-corrected chi connectivity index (χ0v) is 16.4. The number of fused-ring (bicyclic) bond motifs is 1. The first-order valence-electron chi connectivity index (χ1n) is 9.53. The molecule has 2 aliphatic heterocycles. The Morgan fingerprint density at radius 3 is 2.72 bits per heavy atom. The highest BCUT2D eigenvalue weighted by atomic mass is 16.5. The molecule has 0 spiro atoms. The summed E-state index contributed by atoms with van der Waals surface area (Å²) in [6, 6.07) is 8.03. The molecule has 5 rings (SSSR count). The number of hydrogen-bond donors (Lipinski definition) is 0. The number of methoxy groups -OCH3 is 2. The Morgan fingerprint density at radius 2 is 1.90 bits per heavy atom. The Bertz CT molecular complexity index is 1090. The number of aliphatic imine (C=N–C) groups is 1. The van der Waals surface area contributed by atoms with E-state index in [1.165, 1.54) is 0 Å². The van der Waals surface area contributed by atoms with Gasteiger partial charge in [0.1, 0.15) is 11.6 Å². The van der Waals surface area contributed by atoms with Gasteiger partial charge in [-0.25, -0.2) is 4.98 Å². The van der Waals surface area contributed by atoms with Crippen LogP contribution in [0.2, 0.25) is 0 Å². The molecule has 1 saturated heterocycles. The van der Waals surface area contributed by atoms with Crippen molar-refractivity contribution >= 4 is 11.5 Å². The topological polar surface area (TPSA) is 72.7 Å². The number of anilines is 1. The number of nitrogens with zero attached hydrogens (tertiary/aromatic N) is 5. The highest BCUT2D eigenvalue weighted by Gasteiger charge is 2.28. The highest BCUT2D eigenvalue weighted by Crippen LogP contribution is 2.32. The minimum absolute atomic E-state index is 0.285. The van der Waals surface area contributed by atoms with E-state index in [4.69, 9.17) is 14.5 Å². The van der Waals surface area contributed by atoms with Crippen LogP contribution in [0.1, 0.15) is 16.7 Å². The van der Waals surface area contributed by atoms with Crippen LogP contribution in [-0.2, 0) is 11.3 Å². The SMILES string of the molecule is COc1ccncc1-c1cc2c(cn1)CN=C2c1ccnc(N2CC(OC)C2)c1. The molecule has 0 radical (unpaired) electrons. The molecule has 5 heterocycles. The average molecular weight is 387 g/mol. The summed E-state index contributed by atoms with van der Waals surface area (Å²) in [4.78, 5) is 20.4. The van der Waals surface area contributed by atoms with E-state index in [0.29, 0.717) is 6.54 Å². The minimum Gasteiger partial charge on any atom is -0.496 e. The van der Waals surface area contributed by atoms with E-state index in [-0.39, 0.29) is 6.10 Å². The number of rotatable bonds is 5. The van der Waals surface area contributed by atoms with E-state index in [9.17, 15) is 0 Å². The molecule has 7 heteroatoms. The third kappa shape index (κ3) is 3.13. The Hall–Kier alpha value is -3.32. The summed E-state index contributed by atoms with van der Waals surface area (Å²) >= 11 is 0. The van der Waals surface area contributed by atoms with Gasteiger partial charge in [0.2, 0.25) is 0 Å². The number of aromatic nitrogens is 3. The number of ether oxygens (including phenoxy) is 2. The fraction of sp³-hybridized carbons (Fsp3) is 0.273. The van der Waals surface area contributed by atoms with E-state index in [1.54, 1.807) is 26.6 Å². The lowest BCUT2D eigenvalue weighted by molar-refractivity contribution is 0.0783. The predicted molar refractivity (Wildman–Crippen MR) is 111 cm³/mol. The van der Waals surface area contributed by atoms with Gasteiger partial charge >= 0.3 is 0 Å². The van der Waals surface area contributed by atoms with Gasteiger partial charge in [0.15, 0.2) is 0 Å². The minimum atomic E-state index is 0.285. The van der Waals surface area contributed by atoms with Gasteiger partial charge in [-0.1, -0.05) is 0 Å². The molecular weight excluding hydrogens is 366 g/mol. The summed E-state index contributed by atoms with van der Waals surface area (Å²) in [7, 11) is 3.40. The fourth-order valence-corrected chi connectivity index (χ4v) is 3.74. The van der Waals surface area contributed by atoms with Gasteiger partial charge in [0.25, 0.3) is 0 Å². The molecule has 0 unspecified atom stereocenters. The molecule has 0 amide bonds. The third-order valence-electron chi connectivity index (χ3n) is 5.45. The van der Waals surface area contributed by atoms with Crippen LogP contribution in [0.3, 0.4) is 0 Å². The van der Waals surface area contributed by atoms with E-state index >= 15 is 0 Å². The lowest BCUT2D eigenvalue weighted by Gasteiger charge is -2.39. The van der Waals surface area contributed by atoms with Crippen molar-refractivity contribution in [2.24, 2.45) is 4.99 Å². The zero-order chi connectivity index (χ0) is 19.8. The smallest absolute Gasteiger partial charge is 0.131 e. The number of pyridine rings is 3. The molecule has 3 aromatic rings.